The van der Waals surface area contributed by atoms with E-state index in [-0.39, 0.29) is 106 Å². The first kappa shape index (κ1) is 74.9. The Labute approximate surface area is 625 Å². The number of nitrogens with zero attached hydrogens (tertiary/aromatic N) is 5. The number of para-hydroxylation sites is 5. The monoisotopic (exact) mass is 2260 g/mol. The van der Waals surface area contributed by atoms with Gasteiger partial charge in [0.25, 0.3) is 0 Å². The summed E-state index contributed by atoms with van der Waals surface area (Å²) in [6, 6.07) is 95.8. The van der Waals surface area contributed by atoms with Gasteiger partial charge in [-0.1, -0.05) is 205 Å². The molecule has 0 spiro atoms. The molecular formula is C75H43Br2Cl2F3Ir5N5-5. The van der Waals surface area contributed by atoms with Gasteiger partial charge < -0.3 is 0 Å². The van der Waals surface area contributed by atoms with Crippen LogP contribution in [0.2, 0.25) is 10.0 Å². The van der Waals surface area contributed by atoms with E-state index in [0.717, 1.165) is 87.2 Å². The van der Waals surface area contributed by atoms with Crippen LogP contribution in [0.3, 0.4) is 0 Å². The maximum Gasteiger partial charge on any atom is 0.0595 e. The summed E-state index contributed by atoms with van der Waals surface area (Å²) >= 11 is 18.5. The van der Waals surface area contributed by atoms with E-state index in [1.165, 1.54) is 24.3 Å². The number of hydrogen-bond acceptors (Lipinski definition) is 5. The standard InChI is InChI=1S/C15H8BrFN.C15H9BrN.C15H8ClFN.C15H9ClN.C15H9FN.5Ir/c16-12-7-11(8-13(17)9-12)15-6-5-10-3-1-2-4-14(10)18-15;16-13-6-3-5-12(10-13)15-9-8-11-4-1-2-7-14(11)17-15;16-12-7-11(8-13(17)9-12)15-6-5-10-3-1-2-4-14(10)18-15;2*16-13-6-3-5-12(10-13)15-9-8-11-4-1-2-7-14(11)17-15;;;;;/h1-7,9H;1-4,6-10H;1-7,9H;2*1-4,6-10H;;;;;/q5*-1;;;;;. The first-order chi connectivity index (χ1) is 42.4. The van der Waals surface area contributed by atoms with Crippen molar-refractivity contribution in [1.82, 2.24) is 24.9 Å². The molecule has 5 radical (unpaired) electrons. The van der Waals surface area contributed by atoms with Crippen molar-refractivity contribution in [2.45, 2.75) is 0 Å². The zero-order valence-electron chi connectivity index (χ0n) is 47.4. The number of benzene rings is 10. The van der Waals surface area contributed by atoms with Crippen LogP contribution in [0, 0.1) is 47.8 Å². The third-order valence-electron chi connectivity index (χ3n) is 13.3. The van der Waals surface area contributed by atoms with Crippen LogP contribution < -0.4 is 0 Å². The number of rotatable bonds is 5. The predicted octanol–water partition coefficient (Wildman–Crippen LogP) is 21.7. The minimum absolute atomic E-state index is 0. The molecule has 0 bridgehead atoms. The molecule has 0 N–H and O–H groups in total. The largest absolute Gasteiger partial charge is 0.296 e. The fraction of sp³-hybridized carbons (Fsp3) is 0. The summed E-state index contributed by atoms with van der Waals surface area (Å²) in [5.74, 6) is -1.14. The van der Waals surface area contributed by atoms with Crippen LogP contribution in [0.1, 0.15) is 0 Å². The fourth-order valence-electron chi connectivity index (χ4n) is 9.12. The van der Waals surface area contributed by atoms with Crippen molar-refractivity contribution in [2.75, 3.05) is 0 Å². The van der Waals surface area contributed by atoms with Crippen LogP contribution in [0.15, 0.2) is 270 Å². The molecule has 5 heterocycles. The summed E-state index contributed by atoms with van der Waals surface area (Å²) < 4.78 is 41.4. The molecule has 5 nitrogen and oxygen atoms in total. The number of halogens is 7. The van der Waals surface area contributed by atoms with Gasteiger partial charge in [0.2, 0.25) is 0 Å². The van der Waals surface area contributed by atoms with Crippen LogP contribution in [-0.2, 0) is 101 Å². The van der Waals surface area contributed by atoms with E-state index < -0.39 is 11.6 Å². The van der Waals surface area contributed by atoms with E-state index in [2.05, 4.69) is 105 Å². The normalized spacial score (nSPS) is 10.1. The maximum absolute atomic E-state index is 13.3. The SMILES string of the molecule is Brc1cc[c-]c(-c2ccc3ccccc3n2)c1.Clc1cc[c-]c(-c2ccc3ccccc3n2)c1.Fc1[c-]c(-c2ccc3ccccc3n2)cc(Br)c1.Fc1[c-]c(-c2ccc3ccccc3n2)cc(Cl)c1.Fc1cc[c-]c(-c2ccc3ccccc3n2)c1.[Ir].[Ir].[Ir].[Ir].[Ir]. The minimum Gasteiger partial charge on any atom is -0.296 e. The van der Waals surface area contributed by atoms with Gasteiger partial charge in [0, 0.05) is 118 Å². The molecule has 15 aromatic rings. The predicted molar refractivity (Wildman–Crippen MR) is 355 cm³/mol. The first-order valence-corrected chi connectivity index (χ1v) is 29.4. The van der Waals surface area contributed by atoms with Gasteiger partial charge in [-0.2, -0.15) is 0 Å². The molecule has 0 saturated heterocycles. The van der Waals surface area contributed by atoms with Gasteiger partial charge in [-0.15, -0.1) is 148 Å². The maximum atomic E-state index is 13.3. The Kier molecular flexibility index (Phi) is 29.7. The van der Waals surface area contributed by atoms with E-state index in [1.807, 2.05) is 200 Å². The van der Waals surface area contributed by atoms with Gasteiger partial charge in [-0.25, -0.2) is 13.2 Å². The molecule has 0 atom stereocenters. The van der Waals surface area contributed by atoms with Crippen molar-refractivity contribution in [3.63, 3.8) is 0 Å². The van der Waals surface area contributed by atoms with Crippen LogP contribution in [0.4, 0.5) is 13.2 Å². The molecule has 0 unspecified atom stereocenters. The summed E-state index contributed by atoms with van der Waals surface area (Å²) in [7, 11) is 0. The van der Waals surface area contributed by atoms with E-state index in [1.54, 1.807) is 18.2 Å². The zero-order valence-corrected chi connectivity index (χ0v) is 64.0. The van der Waals surface area contributed by atoms with Gasteiger partial charge in [0.15, 0.2) is 0 Å². The molecule has 15 rings (SSSR count). The smallest absolute Gasteiger partial charge is 0.0595 e. The van der Waals surface area contributed by atoms with Crippen molar-refractivity contribution in [3.05, 3.63) is 328 Å². The number of pyridine rings is 5. The molecule has 0 aliphatic heterocycles. The molecule has 467 valence electrons. The van der Waals surface area contributed by atoms with Crippen molar-refractivity contribution in [3.8, 4) is 56.3 Å². The molecule has 5 aromatic heterocycles. The quantitative estimate of drug-likeness (QED) is 0.161. The minimum atomic E-state index is -0.479. The van der Waals surface area contributed by atoms with E-state index in [9.17, 15) is 13.2 Å². The number of hydrogen-bond donors (Lipinski definition) is 0. The summed E-state index contributed by atoms with van der Waals surface area (Å²) in [5.41, 5.74) is 12.4. The van der Waals surface area contributed by atoms with Gasteiger partial charge in [0.1, 0.15) is 0 Å². The average Bonchev–Trinajstić information content (AvgIpc) is 1.12. The second kappa shape index (κ2) is 36.5. The van der Waals surface area contributed by atoms with Gasteiger partial charge in [-0.3, -0.25) is 24.9 Å². The van der Waals surface area contributed by atoms with Gasteiger partial charge in [-0.05, 0) is 95.8 Å². The number of fused-ring (bicyclic) bond motifs is 5. The second-order valence-electron chi connectivity index (χ2n) is 19.3. The molecule has 0 saturated carbocycles. The van der Waals surface area contributed by atoms with Crippen molar-refractivity contribution in [2.24, 2.45) is 0 Å². The second-order valence-corrected chi connectivity index (χ2v) is 22.0. The molecular weight excluding hydrogens is 2220 g/mol. The van der Waals surface area contributed by atoms with E-state index in [0.29, 0.717) is 42.6 Å². The van der Waals surface area contributed by atoms with Crippen LogP contribution in [-0.4, -0.2) is 24.9 Å². The average molecular weight is 2260 g/mol. The Morgan fingerprint density at radius 2 is 0.587 bits per heavy atom. The summed E-state index contributed by atoms with van der Waals surface area (Å²) in [6.45, 7) is 0. The molecule has 0 aliphatic rings. The Bertz CT molecular complexity index is 4490. The third-order valence-corrected chi connectivity index (χ3v) is 14.7. The Morgan fingerprint density at radius 1 is 0.283 bits per heavy atom. The van der Waals surface area contributed by atoms with Gasteiger partial charge >= 0.3 is 0 Å². The van der Waals surface area contributed by atoms with Crippen LogP contribution >= 0.6 is 55.1 Å². The van der Waals surface area contributed by atoms with Crippen molar-refractivity contribution in [1.29, 1.82) is 0 Å². The molecule has 0 amide bonds. The first-order valence-electron chi connectivity index (χ1n) is 27.0. The summed E-state index contributed by atoms with van der Waals surface area (Å²) in [4.78, 5) is 22.7. The van der Waals surface area contributed by atoms with Crippen molar-refractivity contribution >= 4 is 110 Å². The van der Waals surface area contributed by atoms with Crippen molar-refractivity contribution < 1.29 is 114 Å². The molecule has 0 fully saturated rings. The Balaban J connectivity index is 0.000000180. The number of aromatic nitrogens is 5. The fourth-order valence-corrected chi connectivity index (χ4v) is 10.3. The van der Waals surface area contributed by atoms with Crippen LogP contribution in [0.5, 0.6) is 0 Å². The third kappa shape index (κ3) is 20.4. The van der Waals surface area contributed by atoms with E-state index in [4.69, 9.17) is 23.2 Å². The van der Waals surface area contributed by atoms with Crippen LogP contribution in [0.25, 0.3) is 111 Å². The summed E-state index contributed by atoms with van der Waals surface area (Å²) in [5, 5.41) is 6.53. The topological polar surface area (TPSA) is 64.5 Å². The molecule has 92 heavy (non-hydrogen) atoms. The molecule has 17 heteroatoms. The molecule has 10 aromatic carbocycles. The Morgan fingerprint density at radius 3 is 0.946 bits per heavy atom. The summed E-state index contributed by atoms with van der Waals surface area (Å²) in [6.07, 6.45) is 0. The van der Waals surface area contributed by atoms with E-state index >= 15 is 0 Å². The molecule has 0 aliphatic carbocycles. The zero-order chi connectivity index (χ0) is 60.1. The van der Waals surface area contributed by atoms with Gasteiger partial charge in [0.05, 0.1) is 27.6 Å². The Hall–Kier alpha value is -6.17.